The summed E-state index contributed by atoms with van der Waals surface area (Å²) in [6, 6.07) is 25.8. The van der Waals surface area contributed by atoms with Crippen molar-refractivity contribution in [3.05, 3.63) is 95.8 Å². The normalized spacial score (nSPS) is 10.7. The minimum Gasteiger partial charge on any atom is -0.497 e. The molecule has 3 aromatic carbocycles. The molecule has 0 saturated carbocycles. The molecule has 1 N–H and O–H groups in total. The molecule has 0 spiro atoms. The molecule has 4 rings (SSSR count). The molecule has 0 atom stereocenters. The van der Waals surface area contributed by atoms with Crippen molar-refractivity contribution in [2.45, 2.75) is 24.9 Å². The van der Waals surface area contributed by atoms with E-state index in [1.165, 1.54) is 11.8 Å². The lowest BCUT2D eigenvalue weighted by Gasteiger charge is -2.11. The second-order valence-corrected chi connectivity index (χ2v) is 8.38. The average Bonchev–Trinajstić information content (AvgIpc) is 3.26. The fourth-order valence-electron chi connectivity index (χ4n) is 3.54. The molecule has 0 bridgehead atoms. The third kappa shape index (κ3) is 5.62. The maximum atomic E-state index is 12.7. The van der Waals surface area contributed by atoms with Gasteiger partial charge in [0, 0.05) is 17.8 Å². The number of benzene rings is 3. The molecule has 0 aliphatic carbocycles. The summed E-state index contributed by atoms with van der Waals surface area (Å²) in [6.45, 7) is 2.08. The molecular formula is C26H26N4O2S. The van der Waals surface area contributed by atoms with Crippen LogP contribution in [-0.4, -0.2) is 33.5 Å². The Kier molecular flexibility index (Phi) is 7.42. The van der Waals surface area contributed by atoms with Gasteiger partial charge < -0.3 is 10.1 Å². The summed E-state index contributed by atoms with van der Waals surface area (Å²) in [5.74, 6) is 1.80. The van der Waals surface area contributed by atoms with Crippen molar-refractivity contribution >= 4 is 23.4 Å². The van der Waals surface area contributed by atoms with Crippen LogP contribution in [0, 0.1) is 0 Å². The highest BCUT2D eigenvalue weighted by Gasteiger charge is 2.17. The monoisotopic (exact) mass is 458 g/mol. The zero-order valence-electron chi connectivity index (χ0n) is 18.7. The van der Waals surface area contributed by atoms with Crippen LogP contribution in [0.1, 0.15) is 23.9 Å². The topological polar surface area (TPSA) is 69.0 Å². The standard InChI is InChI=1S/C26H26N4O2S/c1-3-20-9-7-8-12-23(20)27-25(31)18-33-26-29-28-24(30(26)21-10-5-4-6-11-21)17-19-13-15-22(32-2)16-14-19/h4-16H,3,17-18H2,1-2H3,(H,27,31). The van der Waals surface area contributed by atoms with E-state index in [9.17, 15) is 4.79 Å². The minimum absolute atomic E-state index is 0.0692. The second kappa shape index (κ2) is 10.8. The van der Waals surface area contributed by atoms with Crippen LogP contribution in [0.3, 0.4) is 0 Å². The number of carbonyl (C=O) groups is 1. The van der Waals surface area contributed by atoms with Crippen LogP contribution in [0.15, 0.2) is 84.0 Å². The maximum Gasteiger partial charge on any atom is 0.234 e. The number of aryl methyl sites for hydroxylation is 1. The van der Waals surface area contributed by atoms with Gasteiger partial charge >= 0.3 is 0 Å². The van der Waals surface area contributed by atoms with Crippen LogP contribution < -0.4 is 10.1 Å². The summed E-state index contributed by atoms with van der Waals surface area (Å²) in [4.78, 5) is 12.7. The molecule has 1 aromatic heterocycles. The SMILES string of the molecule is CCc1ccccc1NC(=O)CSc1nnc(Cc2ccc(OC)cc2)n1-c1ccccc1. The molecule has 6 nitrogen and oxygen atoms in total. The smallest absolute Gasteiger partial charge is 0.234 e. The first kappa shape index (κ1) is 22.6. The fourth-order valence-corrected chi connectivity index (χ4v) is 4.31. The van der Waals surface area contributed by atoms with E-state index in [1.807, 2.05) is 83.4 Å². The number of rotatable bonds is 9. The van der Waals surface area contributed by atoms with Gasteiger partial charge in [0.2, 0.25) is 5.91 Å². The van der Waals surface area contributed by atoms with Crippen molar-refractivity contribution in [2.75, 3.05) is 18.2 Å². The van der Waals surface area contributed by atoms with Gasteiger partial charge in [-0.3, -0.25) is 9.36 Å². The van der Waals surface area contributed by atoms with Crippen molar-refractivity contribution in [3.63, 3.8) is 0 Å². The Hall–Kier alpha value is -3.58. The van der Waals surface area contributed by atoms with Crippen LogP contribution in [0.25, 0.3) is 5.69 Å². The van der Waals surface area contributed by atoms with Crippen LogP contribution in [0.2, 0.25) is 0 Å². The largest absolute Gasteiger partial charge is 0.497 e. The van der Waals surface area contributed by atoms with Gasteiger partial charge in [0.25, 0.3) is 0 Å². The van der Waals surface area contributed by atoms with Gasteiger partial charge in [-0.2, -0.15) is 0 Å². The number of aromatic nitrogens is 3. The molecule has 4 aromatic rings. The summed E-state index contributed by atoms with van der Waals surface area (Å²) in [6.07, 6.45) is 1.48. The fraction of sp³-hybridized carbons (Fsp3) is 0.192. The third-order valence-electron chi connectivity index (χ3n) is 5.24. The van der Waals surface area contributed by atoms with Crippen LogP contribution in [0.5, 0.6) is 5.75 Å². The number of nitrogens with zero attached hydrogens (tertiary/aromatic N) is 3. The molecule has 0 unspecified atom stereocenters. The Morgan fingerprint density at radius 3 is 2.42 bits per heavy atom. The lowest BCUT2D eigenvalue weighted by atomic mass is 10.1. The number of hydrogen-bond donors (Lipinski definition) is 1. The van der Waals surface area contributed by atoms with E-state index in [-0.39, 0.29) is 11.7 Å². The van der Waals surface area contributed by atoms with Gasteiger partial charge in [0.1, 0.15) is 11.6 Å². The number of methoxy groups -OCH3 is 1. The van der Waals surface area contributed by atoms with Crippen LogP contribution >= 0.6 is 11.8 Å². The first-order valence-electron chi connectivity index (χ1n) is 10.8. The number of hydrogen-bond acceptors (Lipinski definition) is 5. The van der Waals surface area contributed by atoms with Crippen LogP contribution in [0.4, 0.5) is 5.69 Å². The number of amides is 1. The zero-order valence-corrected chi connectivity index (χ0v) is 19.5. The van der Waals surface area contributed by atoms with E-state index in [2.05, 4.69) is 22.4 Å². The average molecular weight is 459 g/mol. The molecule has 168 valence electrons. The summed E-state index contributed by atoms with van der Waals surface area (Å²) in [7, 11) is 1.65. The van der Waals surface area contributed by atoms with Crippen molar-refractivity contribution in [2.24, 2.45) is 0 Å². The Bertz CT molecular complexity index is 1210. The first-order chi connectivity index (χ1) is 16.2. The van der Waals surface area contributed by atoms with E-state index in [0.29, 0.717) is 11.6 Å². The summed E-state index contributed by atoms with van der Waals surface area (Å²) >= 11 is 1.38. The molecule has 0 aliphatic rings. The molecule has 0 fully saturated rings. The second-order valence-electron chi connectivity index (χ2n) is 7.44. The van der Waals surface area contributed by atoms with Crippen molar-refractivity contribution in [1.82, 2.24) is 14.8 Å². The quantitative estimate of drug-likeness (QED) is 0.351. The number of thioether (sulfide) groups is 1. The van der Waals surface area contributed by atoms with Crippen molar-refractivity contribution < 1.29 is 9.53 Å². The Balaban J connectivity index is 1.53. The number of anilines is 1. The lowest BCUT2D eigenvalue weighted by Crippen LogP contribution is -2.15. The molecule has 7 heteroatoms. The summed E-state index contributed by atoms with van der Waals surface area (Å²) < 4.78 is 7.27. The van der Waals surface area contributed by atoms with E-state index < -0.39 is 0 Å². The molecule has 33 heavy (non-hydrogen) atoms. The molecule has 1 heterocycles. The van der Waals surface area contributed by atoms with E-state index >= 15 is 0 Å². The number of carbonyl (C=O) groups excluding carboxylic acids is 1. The highest BCUT2D eigenvalue weighted by Crippen LogP contribution is 2.25. The van der Waals surface area contributed by atoms with Gasteiger partial charge in [-0.05, 0) is 47.9 Å². The highest BCUT2D eigenvalue weighted by molar-refractivity contribution is 7.99. The van der Waals surface area contributed by atoms with Gasteiger partial charge in [-0.25, -0.2) is 0 Å². The van der Waals surface area contributed by atoms with Gasteiger partial charge in [-0.1, -0.05) is 67.2 Å². The zero-order chi connectivity index (χ0) is 23.0. The third-order valence-corrected chi connectivity index (χ3v) is 6.17. The van der Waals surface area contributed by atoms with Crippen LogP contribution in [-0.2, 0) is 17.6 Å². The first-order valence-corrected chi connectivity index (χ1v) is 11.8. The Morgan fingerprint density at radius 2 is 1.70 bits per heavy atom. The summed E-state index contributed by atoms with van der Waals surface area (Å²) in [5.41, 5.74) is 4.04. The van der Waals surface area contributed by atoms with Gasteiger partial charge in [0.05, 0.1) is 12.9 Å². The van der Waals surface area contributed by atoms with E-state index in [1.54, 1.807) is 7.11 Å². The van der Waals surface area contributed by atoms with E-state index in [4.69, 9.17) is 4.74 Å². The maximum absolute atomic E-state index is 12.7. The molecule has 0 radical (unpaired) electrons. The number of nitrogens with one attached hydrogen (secondary N) is 1. The Morgan fingerprint density at radius 1 is 0.970 bits per heavy atom. The van der Waals surface area contributed by atoms with Crippen molar-refractivity contribution in [1.29, 1.82) is 0 Å². The number of para-hydroxylation sites is 2. The number of ether oxygens (including phenoxy) is 1. The van der Waals surface area contributed by atoms with Gasteiger partial charge in [-0.15, -0.1) is 10.2 Å². The predicted octanol–water partition coefficient (Wildman–Crippen LogP) is 5.16. The lowest BCUT2D eigenvalue weighted by molar-refractivity contribution is -0.113. The van der Waals surface area contributed by atoms with E-state index in [0.717, 1.165) is 40.5 Å². The predicted molar refractivity (Wildman–Crippen MR) is 132 cm³/mol. The van der Waals surface area contributed by atoms with Gasteiger partial charge in [0.15, 0.2) is 5.16 Å². The summed E-state index contributed by atoms with van der Waals surface area (Å²) in [5, 5.41) is 12.6. The van der Waals surface area contributed by atoms with Crippen molar-refractivity contribution in [3.8, 4) is 11.4 Å². The molecule has 0 aliphatic heterocycles. The molecule has 1 amide bonds. The minimum atomic E-state index is -0.0692. The Labute approximate surface area is 198 Å². The molecule has 0 saturated heterocycles. The molecular weight excluding hydrogens is 432 g/mol. The highest BCUT2D eigenvalue weighted by atomic mass is 32.2.